The van der Waals surface area contributed by atoms with Crippen LogP contribution in [0, 0.1) is 0 Å². The molecule has 1 aliphatic rings. The lowest BCUT2D eigenvalue weighted by Crippen LogP contribution is -2.38. The second-order valence-corrected chi connectivity index (χ2v) is 4.91. The van der Waals surface area contributed by atoms with E-state index in [2.05, 4.69) is 25.8 Å². The third-order valence-electron chi connectivity index (χ3n) is 2.42. The van der Waals surface area contributed by atoms with E-state index in [0.717, 1.165) is 11.4 Å². The van der Waals surface area contributed by atoms with Gasteiger partial charge in [0.05, 0.1) is 19.4 Å². The van der Waals surface area contributed by atoms with Crippen molar-refractivity contribution < 1.29 is 9.47 Å². The van der Waals surface area contributed by atoms with E-state index in [4.69, 9.17) is 9.47 Å². The van der Waals surface area contributed by atoms with E-state index in [1.165, 1.54) is 0 Å². The second-order valence-electron chi connectivity index (χ2n) is 4.91. The zero-order chi connectivity index (χ0) is 10.9. The highest BCUT2D eigenvalue weighted by molar-refractivity contribution is 5.23. The summed E-state index contributed by atoms with van der Waals surface area (Å²) >= 11 is 0. The molecule has 1 fully saturated rings. The number of ether oxygens (including phenoxy) is 2. The van der Waals surface area contributed by atoms with Gasteiger partial charge in [0.15, 0.2) is 0 Å². The molecule has 0 spiro atoms. The van der Waals surface area contributed by atoms with Crippen LogP contribution in [0.5, 0.6) is 5.75 Å². The van der Waals surface area contributed by atoms with Gasteiger partial charge in [-0.25, -0.2) is 0 Å². The highest BCUT2D eigenvalue weighted by atomic mass is 16.6. The molecule has 0 amide bonds. The Bertz CT molecular complexity index is 322. The monoisotopic (exact) mass is 207 g/mol. The first-order valence-corrected chi connectivity index (χ1v) is 5.26. The van der Waals surface area contributed by atoms with Gasteiger partial charge in [-0.2, -0.15) is 0 Å². The average Bonchev–Trinajstić information content (AvgIpc) is 2.11. The second kappa shape index (κ2) is 3.81. The molecule has 0 radical (unpaired) electrons. The van der Waals surface area contributed by atoms with E-state index < -0.39 is 0 Å². The predicted molar refractivity (Wildman–Crippen MR) is 58.2 cm³/mol. The van der Waals surface area contributed by atoms with Gasteiger partial charge in [0, 0.05) is 11.1 Å². The Morgan fingerprint density at radius 3 is 2.47 bits per heavy atom. The van der Waals surface area contributed by atoms with Gasteiger partial charge in [0.1, 0.15) is 11.9 Å². The van der Waals surface area contributed by atoms with Crippen LogP contribution in [-0.4, -0.2) is 24.3 Å². The first-order chi connectivity index (χ1) is 7.05. The summed E-state index contributed by atoms with van der Waals surface area (Å²) in [5, 5.41) is 0. The van der Waals surface area contributed by atoms with Crippen LogP contribution in [0.4, 0.5) is 0 Å². The summed E-state index contributed by atoms with van der Waals surface area (Å²) in [5.41, 5.74) is 1.18. The quantitative estimate of drug-likeness (QED) is 0.744. The molecular weight excluding hydrogens is 190 g/mol. The summed E-state index contributed by atoms with van der Waals surface area (Å²) in [4.78, 5) is 4.40. The van der Waals surface area contributed by atoms with Crippen molar-refractivity contribution in [3.05, 3.63) is 24.0 Å². The number of hydrogen-bond acceptors (Lipinski definition) is 3. The van der Waals surface area contributed by atoms with Crippen LogP contribution in [0.15, 0.2) is 18.3 Å². The van der Waals surface area contributed by atoms with Crippen molar-refractivity contribution in [3.63, 3.8) is 0 Å². The van der Waals surface area contributed by atoms with Crippen LogP contribution >= 0.6 is 0 Å². The molecular formula is C12H17NO2. The lowest BCUT2D eigenvalue weighted by molar-refractivity contribution is -0.0798. The van der Waals surface area contributed by atoms with Crippen LogP contribution in [0.25, 0.3) is 0 Å². The topological polar surface area (TPSA) is 31.4 Å². The molecule has 1 aromatic rings. The molecule has 0 bridgehead atoms. The Balaban J connectivity index is 2.03. The van der Waals surface area contributed by atoms with Gasteiger partial charge >= 0.3 is 0 Å². The van der Waals surface area contributed by atoms with Crippen molar-refractivity contribution in [2.45, 2.75) is 32.3 Å². The summed E-state index contributed by atoms with van der Waals surface area (Å²) in [6, 6.07) is 4.00. The first kappa shape index (κ1) is 10.4. The molecule has 1 aliphatic heterocycles. The molecule has 0 saturated carbocycles. The summed E-state index contributed by atoms with van der Waals surface area (Å²) in [7, 11) is 0. The highest BCUT2D eigenvalue weighted by Crippen LogP contribution is 2.22. The molecule has 15 heavy (non-hydrogen) atoms. The van der Waals surface area contributed by atoms with E-state index in [1.54, 1.807) is 6.20 Å². The van der Waals surface area contributed by atoms with Crippen LogP contribution < -0.4 is 4.74 Å². The van der Waals surface area contributed by atoms with Gasteiger partial charge in [-0.1, -0.05) is 20.8 Å². The Morgan fingerprint density at radius 2 is 2.07 bits per heavy atom. The van der Waals surface area contributed by atoms with Crippen molar-refractivity contribution >= 4 is 0 Å². The van der Waals surface area contributed by atoms with Gasteiger partial charge in [-0.3, -0.25) is 4.98 Å². The minimum Gasteiger partial charge on any atom is -0.484 e. The number of pyridine rings is 1. The molecule has 82 valence electrons. The molecule has 0 aromatic carbocycles. The minimum atomic E-state index is 0.0953. The molecule has 3 heteroatoms. The van der Waals surface area contributed by atoms with E-state index in [0.29, 0.717) is 13.2 Å². The minimum absolute atomic E-state index is 0.0953. The lowest BCUT2D eigenvalue weighted by atomic mass is 9.92. The zero-order valence-electron chi connectivity index (χ0n) is 9.49. The van der Waals surface area contributed by atoms with Gasteiger partial charge in [-0.15, -0.1) is 0 Å². The summed E-state index contributed by atoms with van der Waals surface area (Å²) in [6.45, 7) is 7.84. The lowest BCUT2D eigenvalue weighted by Gasteiger charge is -2.26. The Morgan fingerprint density at radius 1 is 1.33 bits per heavy atom. The highest BCUT2D eigenvalue weighted by Gasteiger charge is 2.20. The van der Waals surface area contributed by atoms with Crippen LogP contribution in [-0.2, 0) is 10.2 Å². The van der Waals surface area contributed by atoms with Crippen LogP contribution in [0.1, 0.15) is 26.5 Å². The third kappa shape index (κ3) is 2.48. The van der Waals surface area contributed by atoms with Gasteiger partial charge in [0.2, 0.25) is 0 Å². The van der Waals surface area contributed by atoms with E-state index in [1.807, 2.05) is 12.1 Å². The smallest absolute Gasteiger partial charge is 0.145 e. The third-order valence-corrected chi connectivity index (χ3v) is 2.42. The fourth-order valence-corrected chi connectivity index (χ4v) is 1.37. The largest absolute Gasteiger partial charge is 0.484 e. The van der Waals surface area contributed by atoms with E-state index in [9.17, 15) is 0 Å². The summed E-state index contributed by atoms with van der Waals surface area (Å²) < 4.78 is 10.7. The molecule has 0 N–H and O–H groups in total. The molecule has 3 nitrogen and oxygen atoms in total. The zero-order valence-corrected chi connectivity index (χ0v) is 9.49. The first-order valence-electron chi connectivity index (χ1n) is 5.26. The van der Waals surface area contributed by atoms with Crippen LogP contribution in [0.3, 0.4) is 0 Å². The standard InChI is InChI=1S/C12H17NO2/c1-12(2,3)11-5-4-9(6-13-11)15-10-7-14-8-10/h4-6,10H,7-8H2,1-3H3. The Kier molecular flexibility index (Phi) is 2.65. The number of hydrogen-bond donors (Lipinski definition) is 0. The average molecular weight is 207 g/mol. The maximum Gasteiger partial charge on any atom is 0.145 e. The van der Waals surface area contributed by atoms with Crippen molar-refractivity contribution in [2.24, 2.45) is 0 Å². The van der Waals surface area contributed by atoms with E-state index in [-0.39, 0.29) is 11.5 Å². The number of aromatic nitrogens is 1. The predicted octanol–water partition coefficient (Wildman–Crippen LogP) is 2.16. The van der Waals surface area contributed by atoms with Gasteiger partial charge < -0.3 is 9.47 Å². The van der Waals surface area contributed by atoms with Crippen molar-refractivity contribution in [1.82, 2.24) is 4.98 Å². The Labute approximate surface area is 90.4 Å². The molecule has 1 saturated heterocycles. The Hall–Kier alpha value is -1.09. The molecule has 0 aliphatic carbocycles. The normalized spacial score (nSPS) is 17.3. The van der Waals surface area contributed by atoms with E-state index >= 15 is 0 Å². The maximum atomic E-state index is 5.63. The van der Waals surface area contributed by atoms with Crippen molar-refractivity contribution in [1.29, 1.82) is 0 Å². The molecule has 0 atom stereocenters. The number of nitrogens with zero attached hydrogens (tertiary/aromatic N) is 1. The fraction of sp³-hybridized carbons (Fsp3) is 0.583. The molecule has 2 heterocycles. The maximum absolute atomic E-state index is 5.63. The number of rotatable bonds is 2. The SMILES string of the molecule is CC(C)(C)c1ccc(OC2COC2)cn1. The summed E-state index contributed by atoms with van der Waals surface area (Å²) in [6.07, 6.45) is 2.01. The molecule has 1 aromatic heterocycles. The van der Waals surface area contributed by atoms with Crippen molar-refractivity contribution in [3.8, 4) is 5.75 Å². The van der Waals surface area contributed by atoms with Gasteiger partial charge in [-0.05, 0) is 12.1 Å². The van der Waals surface area contributed by atoms with Crippen LogP contribution in [0.2, 0.25) is 0 Å². The van der Waals surface area contributed by atoms with Crippen molar-refractivity contribution in [2.75, 3.05) is 13.2 Å². The molecule has 2 rings (SSSR count). The van der Waals surface area contributed by atoms with Gasteiger partial charge in [0.25, 0.3) is 0 Å². The fourth-order valence-electron chi connectivity index (χ4n) is 1.37. The molecule has 0 unspecified atom stereocenters. The summed E-state index contributed by atoms with van der Waals surface area (Å²) in [5.74, 6) is 0.830.